The van der Waals surface area contributed by atoms with E-state index in [9.17, 15) is 4.79 Å². The zero-order chi connectivity index (χ0) is 13.7. The maximum atomic E-state index is 10.6. The first-order valence-corrected chi connectivity index (χ1v) is 6.92. The van der Waals surface area contributed by atoms with E-state index in [1.165, 1.54) is 0 Å². The predicted molar refractivity (Wildman–Crippen MR) is 73.6 cm³/mol. The highest BCUT2D eigenvalue weighted by atomic mass is 32.1. The first-order valence-electron chi connectivity index (χ1n) is 6.04. The van der Waals surface area contributed by atoms with Gasteiger partial charge in [0.25, 0.3) is 0 Å². The minimum Gasteiger partial charge on any atom is -0.487 e. The molecule has 0 bridgehead atoms. The third-order valence-corrected chi connectivity index (χ3v) is 3.58. The fourth-order valence-corrected chi connectivity index (χ4v) is 2.38. The van der Waals surface area contributed by atoms with Crippen molar-refractivity contribution in [2.45, 2.75) is 26.4 Å². The summed E-state index contributed by atoms with van der Waals surface area (Å²) in [5.41, 5.74) is 1.64. The quantitative estimate of drug-likeness (QED) is 0.882. The summed E-state index contributed by atoms with van der Waals surface area (Å²) in [6, 6.07) is 7.14. The summed E-state index contributed by atoms with van der Waals surface area (Å²) in [6.07, 6.45) is 0.937. The van der Waals surface area contributed by atoms with Gasteiger partial charge in [-0.1, -0.05) is 19.1 Å². The molecular weight excluding hydrogens is 262 g/mol. The van der Waals surface area contributed by atoms with Crippen LogP contribution in [0.2, 0.25) is 0 Å². The SMILES string of the molecule is CCc1nc(COc2cccc(CC(=O)O)c2)cs1. The van der Waals surface area contributed by atoms with Crippen molar-refractivity contribution in [1.82, 2.24) is 4.98 Å². The second-order valence-electron chi connectivity index (χ2n) is 4.09. The van der Waals surface area contributed by atoms with Crippen molar-refractivity contribution in [2.24, 2.45) is 0 Å². The van der Waals surface area contributed by atoms with Crippen molar-refractivity contribution < 1.29 is 14.6 Å². The fourth-order valence-electron chi connectivity index (χ4n) is 1.65. The molecule has 4 nitrogen and oxygen atoms in total. The standard InChI is InChI=1S/C14H15NO3S/c1-2-13-15-11(9-19-13)8-18-12-5-3-4-10(6-12)7-14(16)17/h3-6,9H,2,7-8H2,1H3,(H,16,17). The highest BCUT2D eigenvalue weighted by Gasteiger charge is 2.04. The minimum atomic E-state index is -0.843. The molecule has 1 aromatic carbocycles. The average Bonchev–Trinajstić information content (AvgIpc) is 2.84. The van der Waals surface area contributed by atoms with Crippen LogP contribution in [0, 0.1) is 0 Å². The Labute approximate surface area is 115 Å². The van der Waals surface area contributed by atoms with Gasteiger partial charge in [0.2, 0.25) is 0 Å². The second-order valence-corrected chi connectivity index (χ2v) is 5.04. The molecule has 2 aromatic rings. The first-order chi connectivity index (χ1) is 9.17. The summed E-state index contributed by atoms with van der Waals surface area (Å²) < 4.78 is 5.62. The van der Waals surface area contributed by atoms with Crippen LogP contribution in [0.1, 0.15) is 23.2 Å². The molecule has 0 aliphatic rings. The number of carbonyl (C=O) groups is 1. The molecule has 0 saturated carbocycles. The molecule has 1 aromatic heterocycles. The van der Waals surface area contributed by atoms with E-state index >= 15 is 0 Å². The number of aromatic nitrogens is 1. The minimum absolute atomic E-state index is 0.00782. The van der Waals surface area contributed by atoms with Crippen molar-refractivity contribution >= 4 is 17.3 Å². The van der Waals surface area contributed by atoms with Crippen molar-refractivity contribution in [3.8, 4) is 5.75 Å². The van der Waals surface area contributed by atoms with E-state index in [2.05, 4.69) is 11.9 Å². The Bertz CT molecular complexity index is 565. The maximum absolute atomic E-state index is 10.6. The molecule has 100 valence electrons. The van der Waals surface area contributed by atoms with Gasteiger partial charge in [-0.3, -0.25) is 4.79 Å². The second kappa shape index (κ2) is 6.33. The number of thiazole rings is 1. The molecule has 5 heteroatoms. The zero-order valence-corrected chi connectivity index (χ0v) is 11.4. The highest BCUT2D eigenvalue weighted by Crippen LogP contribution is 2.17. The van der Waals surface area contributed by atoms with E-state index in [1.807, 2.05) is 11.4 Å². The summed E-state index contributed by atoms with van der Waals surface area (Å²) in [6.45, 7) is 2.48. The summed E-state index contributed by atoms with van der Waals surface area (Å²) in [4.78, 5) is 15.1. The van der Waals surface area contributed by atoms with Crippen LogP contribution in [-0.2, 0) is 24.2 Å². The molecule has 0 radical (unpaired) electrons. The Morgan fingerprint density at radius 2 is 2.32 bits per heavy atom. The average molecular weight is 277 g/mol. The Morgan fingerprint density at radius 1 is 1.47 bits per heavy atom. The lowest BCUT2D eigenvalue weighted by atomic mass is 10.1. The van der Waals surface area contributed by atoms with Crippen molar-refractivity contribution in [2.75, 3.05) is 0 Å². The third kappa shape index (κ3) is 4.06. The lowest BCUT2D eigenvalue weighted by Crippen LogP contribution is -2.01. The number of carboxylic acids is 1. The smallest absolute Gasteiger partial charge is 0.307 e. The molecule has 0 amide bonds. The van der Waals surface area contributed by atoms with Gasteiger partial charge in [0.1, 0.15) is 12.4 Å². The number of benzene rings is 1. The number of hydrogen-bond acceptors (Lipinski definition) is 4. The Kier molecular flexibility index (Phi) is 4.52. The van der Waals surface area contributed by atoms with Gasteiger partial charge in [-0.25, -0.2) is 4.98 Å². The maximum Gasteiger partial charge on any atom is 0.307 e. The number of hydrogen-bond donors (Lipinski definition) is 1. The van der Waals surface area contributed by atoms with E-state index < -0.39 is 5.97 Å². The van der Waals surface area contributed by atoms with Crippen LogP contribution in [0.5, 0.6) is 5.75 Å². The Hall–Kier alpha value is -1.88. The van der Waals surface area contributed by atoms with Crippen LogP contribution < -0.4 is 4.74 Å². The van der Waals surface area contributed by atoms with Crippen molar-refractivity contribution in [3.63, 3.8) is 0 Å². The first kappa shape index (κ1) is 13.5. The molecule has 0 spiro atoms. The van der Waals surface area contributed by atoms with Crippen molar-refractivity contribution in [3.05, 3.63) is 45.9 Å². The van der Waals surface area contributed by atoms with Crippen LogP contribution in [0.15, 0.2) is 29.6 Å². The molecule has 2 rings (SSSR count). The molecule has 1 heterocycles. The lowest BCUT2D eigenvalue weighted by Gasteiger charge is -2.05. The number of rotatable bonds is 6. The van der Waals surface area contributed by atoms with E-state index in [-0.39, 0.29) is 6.42 Å². The summed E-state index contributed by atoms with van der Waals surface area (Å²) in [5, 5.41) is 11.8. The normalized spacial score (nSPS) is 10.4. The van der Waals surface area contributed by atoms with E-state index in [4.69, 9.17) is 9.84 Å². The highest BCUT2D eigenvalue weighted by molar-refractivity contribution is 7.09. The Morgan fingerprint density at radius 3 is 3.00 bits per heavy atom. The Balaban J connectivity index is 1.97. The topological polar surface area (TPSA) is 59.4 Å². The number of ether oxygens (including phenoxy) is 1. The van der Waals surface area contributed by atoms with Gasteiger partial charge >= 0.3 is 5.97 Å². The van der Waals surface area contributed by atoms with Crippen LogP contribution in [0.4, 0.5) is 0 Å². The van der Waals surface area contributed by atoms with Gasteiger partial charge in [0, 0.05) is 5.38 Å². The van der Waals surface area contributed by atoms with Gasteiger partial charge in [-0.2, -0.15) is 0 Å². The molecule has 0 saturated heterocycles. The van der Waals surface area contributed by atoms with E-state index in [1.54, 1.807) is 29.5 Å². The molecule has 0 aliphatic carbocycles. The molecule has 19 heavy (non-hydrogen) atoms. The monoisotopic (exact) mass is 277 g/mol. The van der Waals surface area contributed by atoms with Gasteiger partial charge in [0.15, 0.2) is 0 Å². The number of aryl methyl sites for hydroxylation is 1. The molecular formula is C14H15NO3S. The number of carboxylic acid groups (broad SMARTS) is 1. The lowest BCUT2D eigenvalue weighted by molar-refractivity contribution is -0.136. The predicted octanol–water partition coefficient (Wildman–Crippen LogP) is 2.91. The van der Waals surface area contributed by atoms with Crippen LogP contribution in [0.25, 0.3) is 0 Å². The van der Waals surface area contributed by atoms with E-state index in [0.717, 1.165) is 22.7 Å². The van der Waals surface area contributed by atoms with Crippen molar-refractivity contribution in [1.29, 1.82) is 0 Å². The van der Waals surface area contributed by atoms with E-state index in [0.29, 0.717) is 12.4 Å². The molecule has 0 fully saturated rings. The third-order valence-electron chi connectivity index (χ3n) is 2.54. The fraction of sp³-hybridized carbons (Fsp3) is 0.286. The largest absolute Gasteiger partial charge is 0.487 e. The van der Waals surface area contributed by atoms with Gasteiger partial charge in [-0.15, -0.1) is 11.3 Å². The summed E-state index contributed by atoms with van der Waals surface area (Å²) >= 11 is 1.63. The van der Waals surface area contributed by atoms with Crippen LogP contribution in [-0.4, -0.2) is 16.1 Å². The molecule has 1 N–H and O–H groups in total. The molecule has 0 unspecified atom stereocenters. The molecule has 0 aliphatic heterocycles. The summed E-state index contributed by atoms with van der Waals surface area (Å²) in [7, 11) is 0. The summed E-state index contributed by atoms with van der Waals surface area (Å²) in [5.74, 6) is -0.172. The molecule has 0 atom stereocenters. The number of aliphatic carboxylic acids is 1. The number of nitrogens with zero attached hydrogens (tertiary/aromatic N) is 1. The van der Waals surface area contributed by atoms with Gasteiger partial charge in [-0.05, 0) is 24.1 Å². The van der Waals surface area contributed by atoms with Crippen LogP contribution in [0.3, 0.4) is 0 Å². The van der Waals surface area contributed by atoms with Gasteiger partial charge < -0.3 is 9.84 Å². The zero-order valence-electron chi connectivity index (χ0n) is 10.6. The van der Waals surface area contributed by atoms with Gasteiger partial charge in [0.05, 0.1) is 17.1 Å². The van der Waals surface area contributed by atoms with Crippen LogP contribution >= 0.6 is 11.3 Å².